The number of hydrogen-bond donors (Lipinski definition) is 2. The lowest BCUT2D eigenvalue weighted by molar-refractivity contribution is 0.392. The van der Waals surface area contributed by atoms with Crippen molar-refractivity contribution in [1.29, 1.82) is 0 Å². The summed E-state index contributed by atoms with van der Waals surface area (Å²) in [6.45, 7) is 0.710. The average Bonchev–Trinajstić information content (AvgIpc) is 2.65. The van der Waals surface area contributed by atoms with Gasteiger partial charge in [-0.05, 0) is 20.2 Å². The minimum atomic E-state index is -1.53. The van der Waals surface area contributed by atoms with Crippen molar-refractivity contribution in [2.75, 3.05) is 14.1 Å². The molecule has 6 nitrogen and oxygen atoms in total. The molecule has 0 aromatic carbocycles. The first-order chi connectivity index (χ1) is 7.59. The molecule has 2 aromatic heterocycles. The Hall–Kier alpha value is -1.44. The third-order valence-corrected chi connectivity index (χ3v) is 2.29. The predicted molar refractivity (Wildman–Crippen MR) is 60.2 cm³/mol. The summed E-state index contributed by atoms with van der Waals surface area (Å²) in [5.41, 5.74) is 1.79. The summed E-state index contributed by atoms with van der Waals surface area (Å²) < 4.78 is 1.62. The van der Waals surface area contributed by atoms with Crippen molar-refractivity contribution < 1.29 is 10.0 Å². The molecule has 2 heterocycles. The monoisotopic (exact) mass is 220 g/mol. The number of aromatic nitrogens is 3. The van der Waals surface area contributed by atoms with Crippen LogP contribution in [0.1, 0.15) is 5.69 Å². The number of fused-ring (bicyclic) bond motifs is 1. The molecule has 0 fully saturated rings. The van der Waals surface area contributed by atoms with E-state index in [9.17, 15) is 10.0 Å². The lowest BCUT2D eigenvalue weighted by Crippen LogP contribution is -2.32. The maximum Gasteiger partial charge on any atom is 0.492 e. The Kier molecular flexibility index (Phi) is 2.91. The van der Waals surface area contributed by atoms with E-state index >= 15 is 0 Å². The summed E-state index contributed by atoms with van der Waals surface area (Å²) in [7, 11) is 2.38. The highest BCUT2D eigenvalue weighted by Crippen LogP contribution is 2.04. The summed E-state index contributed by atoms with van der Waals surface area (Å²) >= 11 is 0. The van der Waals surface area contributed by atoms with Crippen molar-refractivity contribution in [1.82, 2.24) is 19.5 Å². The summed E-state index contributed by atoms with van der Waals surface area (Å²) in [4.78, 5) is 6.03. The summed E-state index contributed by atoms with van der Waals surface area (Å²) in [6.07, 6.45) is 1.40. The van der Waals surface area contributed by atoms with Crippen molar-refractivity contribution in [2.45, 2.75) is 6.54 Å². The highest BCUT2D eigenvalue weighted by molar-refractivity contribution is 6.60. The first-order valence-corrected chi connectivity index (χ1v) is 4.92. The fourth-order valence-electron chi connectivity index (χ4n) is 1.62. The van der Waals surface area contributed by atoms with Gasteiger partial charge in [-0.15, -0.1) is 0 Å². The van der Waals surface area contributed by atoms with Gasteiger partial charge in [-0.1, -0.05) is 6.07 Å². The normalized spacial score (nSPS) is 11.3. The molecule has 2 aromatic rings. The van der Waals surface area contributed by atoms with Gasteiger partial charge in [0.1, 0.15) is 6.33 Å². The first-order valence-electron chi connectivity index (χ1n) is 4.92. The van der Waals surface area contributed by atoms with Crippen molar-refractivity contribution in [3.8, 4) is 0 Å². The highest BCUT2D eigenvalue weighted by Gasteiger charge is 2.18. The van der Waals surface area contributed by atoms with E-state index in [4.69, 9.17) is 0 Å². The molecule has 84 valence electrons. The van der Waals surface area contributed by atoms with Crippen molar-refractivity contribution in [2.24, 2.45) is 0 Å². The van der Waals surface area contributed by atoms with Crippen LogP contribution in [0.4, 0.5) is 0 Å². The van der Waals surface area contributed by atoms with E-state index in [1.54, 1.807) is 10.6 Å². The van der Waals surface area contributed by atoms with Crippen LogP contribution in [0.3, 0.4) is 0 Å². The van der Waals surface area contributed by atoms with Crippen LogP contribution in [0, 0.1) is 0 Å². The standard InChI is InChI=1S/C9H13BN4O2/c1-13(2)5-7-3-4-8(10(15)16)9-11-6-12-14(7)9/h3-4,6,15-16H,5H2,1-2H3. The molecule has 0 saturated carbocycles. The average molecular weight is 220 g/mol. The van der Waals surface area contributed by atoms with Crippen LogP contribution < -0.4 is 5.46 Å². The van der Waals surface area contributed by atoms with Gasteiger partial charge < -0.3 is 14.9 Å². The second kappa shape index (κ2) is 4.21. The van der Waals surface area contributed by atoms with Gasteiger partial charge >= 0.3 is 7.12 Å². The quantitative estimate of drug-likeness (QED) is 0.614. The lowest BCUT2D eigenvalue weighted by atomic mass is 9.81. The second-order valence-electron chi connectivity index (χ2n) is 3.89. The van der Waals surface area contributed by atoms with Crippen LogP contribution in [-0.2, 0) is 6.54 Å². The molecule has 0 bridgehead atoms. The molecule has 0 spiro atoms. The van der Waals surface area contributed by atoms with E-state index in [2.05, 4.69) is 10.1 Å². The van der Waals surface area contributed by atoms with E-state index in [1.165, 1.54) is 6.33 Å². The number of hydrogen-bond acceptors (Lipinski definition) is 5. The third kappa shape index (κ3) is 1.92. The molecule has 0 saturated heterocycles. The van der Waals surface area contributed by atoms with Crippen LogP contribution in [0.15, 0.2) is 18.5 Å². The number of nitrogens with zero attached hydrogens (tertiary/aromatic N) is 4. The molecule has 0 radical (unpaired) electrons. The highest BCUT2D eigenvalue weighted by atomic mass is 16.4. The van der Waals surface area contributed by atoms with Crippen molar-refractivity contribution in [3.63, 3.8) is 0 Å². The molecule has 0 amide bonds. The molecule has 0 unspecified atom stereocenters. The van der Waals surface area contributed by atoms with Gasteiger partial charge in [-0.2, -0.15) is 5.10 Å². The molecule has 7 heteroatoms. The molecular formula is C9H13BN4O2. The number of pyridine rings is 1. The Labute approximate surface area is 93.3 Å². The Morgan fingerprint density at radius 2 is 2.12 bits per heavy atom. The molecule has 2 N–H and O–H groups in total. The molecule has 0 atom stereocenters. The molecule has 16 heavy (non-hydrogen) atoms. The number of rotatable bonds is 3. The predicted octanol–water partition coefficient (Wildman–Crippen LogP) is -1.53. The Morgan fingerprint density at radius 3 is 2.75 bits per heavy atom. The summed E-state index contributed by atoms with van der Waals surface area (Å²) in [5.74, 6) is 0. The Morgan fingerprint density at radius 1 is 1.38 bits per heavy atom. The minimum absolute atomic E-state index is 0.361. The lowest BCUT2D eigenvalue weighted by Gasteiger charge is -2.12. The largest absolute Gasteiger partial charge is 0.492 e. The van der Waals surface area contributed by atoms with Gasteiger partial charge in [0, 0.05) is 12.0 Å². The zero-order chi connectivity index (χ0) is 11.7. The maximum absolute atomic E-state index is 9.18. The minimum Gasteiger partial charge on any atom is -0.423 e. The van der Waals surface area contributed by atoms with E-state index in [1.807, 2.05) is 25.1 Å². The molecule has 0 aliphatic rings. The van der Waals surface area contributed by atoms with Gasteiger partial charge in [0.2, 0.25) is 0 Å². The zero-order valence-electron chi connectivity index (χ0n) is 9.20. The van der Waals surface area contributed by atoms with Crippen LogP contribution >= 0.6 is 0 Å². The fourth-order valence-corrected chi connectivity index (χ4v) is 1.62. The van der Waals surface area contributed by atoms with Gasteiger partial charge in [-0.3, -0.25) is 0 Å². The van der Waals surface area contributed by atoms with Gasteiger partial charge in [-0.25, -0.2) is 9.50 Å². The Balaban J connectivity index is 2.55. The van der Waals surface area contributed by atoms with Crippen LogP contribution in [0.2, 0.25) is 0 Å². The Bertz CT molecular complexity index is 497. The van der Waals surface area contributed by atoms with Crippen LogP contribution in [0.25, 0.3) is 5.65 Å². The van der Waals surface area contributed by atoms with E-state index in [-0.39, 0.29) is 0 Å². The first kappa shape index (κ1) is 11.1. The fraction of sp³-hybridized carbons (Fsp3) is 0.333. The van der Waals surface area contributed by atoms with E-state index < -0.39 is 7.12 Å². The second-order valence-corrected chi connectivity index (χ2v) is 3.89. The molecule has 0 aliphatic carbocycles. The maximum atomic E-state index is 9.18. The third-order valence-electron chi connectivity index (χ3n) is 2.29. The summed E-state index contributed by atoms with van der Waals surface area (Å²) in [6, 6.07) is 3.48. The smallest absolute Gasteiger partial charge is 0.423 e. The van der Waals surface area contributed by atoms with Gasteiger partial charge in [0.05, 0.1) is 5.69 Å². The SMILES string of the molecule is CN(C)Cc1ccc(B(O)O)c2ncnn12. The zero-order valence-corrected chi connectivity index (χ0v) is 9.20. The van der Waals surface area contributed by atoms with Crippen LogP contribution in [0.5, 0.6) is 0 Å². The molecule has 2 rings (SSSR count). The van der Waals surface area contributed by atoms with E-state index in [0.717, 1.165) is 5.69 Å². The van der Waals surface area contributed by atoms with Crippen molar-refractivity contribution >= 4 is 18.2 Å². The topological polar surface area (TPSA) is 73.9 Å². The van der Waals surface area contributed by atoms with E-state index in [0.29, 0.717) is 17.7 Å². The van der Waals surface area contributed by atoms with Crippen LogP contribution in [-0.4, -0.2) is 50.8 Å². The molecule has 0 aliphatic heterocycles. The molecular weight excluding hydrogens is 207 g/mol. The van der Waals surface area contributed by atoms with Gasteiger partial charge in [0.15, 0.2) is 5.65 Å². The summed E-state index contributed by atoms with van der Waals surface area (Å²) in [5, 5.41) is 22.4. The van der Waals surface area contributed by atoms with Crippen molar-refractivity contribution in [3.05, 3.63) is 24.2 Å². The van der Waals surface area contributed by atoms with Gasteiger partial charge in [0.25, 0.3) is 0 Å².